The van der Waals surface area contributed by atoms with E-state index in [2.05, 4.69) is 10.2 Å². The Hall–Kier alpha value is -2.64. The van der Waals surface area contributed by atoms with Crippen LogP contribution in [0, 0.1) is 0 Å². The number of hydrogen-bond donors (Lipinski definition) is 2. The van der Waals surface area contributed by atoms with Crippen LogP contribution in [0.2, 0.25) is 0 Å². The SMILES string of the molecule is CNC(=O)[C@H]1CN(Cc2ccc(-c3ccccc3C(=O)O)o2)CCO1. The molecule has 1 atom stereocenters. The molecule has 0 radical (unpaired) electrons. The number of carboxylic acids is 1. The standard InChI is InChI=1S/C18H20N2O5/c1-19-17(21)16-11-20(8-9-24-16)10-12-6-7-15(25-12)13-4-2-3-5-14(13)18(22)23/h2-7,16H,8-11H2,1H3,(H,19,21)(H,22,23)/t16-/m1/s1. The van der Waals surface area contributed by atoms with Gasteiger partial charge in [0.1, 0.15) is 17.6 Å². The fourth-order valence-corrected chi connectivity index (χ4v) is 2.88. The van der Waals surface area contributed by atoms with Crippen molar-refractivity contribution in [2.45, 2.75) is 12.6 Å². The maximum absolute atomic E-state index is 11.7. The van der Waals surface area contributed by atoms with Crippen LogP contribution < -0.4 is 5.32 Å². The fourth-order valence-electron chi connectivity index (χ4n) is 2.88. The number of likely N-dealkylation sites (N-methyl/N-ethyl adjacent to an activating group) is 1. The summed E-state index contributed by atoms with van der Waals surface area (Å²) in [5.41, 5.74) is 0.751. The van der Waals surface area contributed by atoms with Crippen LogP contribution in [-0.4, -0.2) is 54.7 Å². The number of amides is 1. The van der Waals surface area contributed by atoms with Gasteiger partial charge in [0.2, 0.25) is 5.91 Å². The second kappa shape index (κ2) is 7.50. The van der Waals surface area contributed by atoms with E-state index in [0.717, 1.165) is 0 Å². The van der Waals surface area contributed by atoms with Gasteiger partial charge in [0.25, 0.3) is 0 Å². The lowest BCUT2D eigenvalue weighted by Gasteiger charge is -2.31. The number of benzene rings is 1. The van der Waals surface area contributed by atoms with Crippen LogP contribution in [0.4, 0.5) is 0 Å². The van der Waals surface area contributed by atoms with E-state index in [1.54, 1.807) is 37.4 Å². The van der Waals surface area contributed by atoms with Crippen LogP contribution in [0.25, 0.3) is 11.3 Å². The zero-order valence-corrected chi connectivity index (χ0v) is 13.9. The highest BCUT2D eigenvalue weighted by Gasteiger charge is 2.26. The Morgan fingerprint density at radius 3 is 2.84 bits per heavy atom. The van der Waals surface area contributed by atoms with Gasteiger partial charge in [0.05, 0.1) is 18.7 Å². The number of carbonyl (C=O) groups is 2. The monoisotopic (exact) mass is 344 g/mol. The number of carbonyl (C=O) groups excluding carboxylic acids is 1. The summed E-state index contributed by atoms with van der Waals surface area (Å²) in [7, 11) is 1.59. The van der Waals surface area contributed by atoms with E-state index >= 15 is 0 Å². The summed E-state index contributed by atoms with van der Waals surface area (Å²) in [6.45, 7) is 2.20. The van der Waals surface area contributed by atoms with Gasteiger partial charge in [0, 0.05) is 25.7 Å². The molecule has 2 N–H and O–H groups in total. The van der Waals surface area contributed by atoms with Crippen molar-refractivity contribution in [2.75, 3.05) is 26.7 Å². The van der Waals surface area contributed by atoms with Crippen molar-refractivity contribution in [1.82, 2.24) is 10.2 Å². The molecule has 1 aromatic heterocycles. The van der Waals surface area contributed by atoms with Gasteiger partial charge in [-0.1, -0.05) is 18.2 Å². The predicted molar refractivity (Wildman–Crippen MR) is 90.2 cm³/mol. The zero-order chi connectivity index (χ0) is 17.8. The molecule has 7 nitrogen and oxygen atoms in total. The third-order valence-corrected chi connectivity index (χ3v) is 4.15. The maximum atomic E-state index is 11.7. The van der Waals surface area contributed by atoms with Gasteiger partial charge in [-0.15, -0.1) is 0 Å². The second-order valence-electron chi connectivity index (χ2n) is 5.83. The average molecular weight is 344 g/mol. The van der Waals surface area contributed by atoms with Crippen molar-refractivity contribution in [3.05, 3.63) is 47.7 Å². The molecular formula is C18H20N2O5. The van der Waals surface area contributed by atoms with Gasteiger partial charge in [-0.3, -0.25) is 9.69 Å². The number of ether oxygens (including phenoxy) is 1. The Labute approximate surface area is 145 Å². The smallest absolute Gasteiger partial charge is 0.336 e. The van der Waals surface area contributed by atoms with E-state index in [0.29, 0.717) is 43.3 Å². The van der Waals surface area contributed by atoms with Gasteiger partial charge in [0.15, 0.2) is 0 Å². The van der Waals surface area contributed by atoms with Crippen molar-refractivity contribution in [3.63, 3.8) is 0 Å². The molecule has 2 aromatic rings. The molecule has 132 valence electrons. The van der Waals surface area contributed by atoms with Crippen molar-refractivity contribution < 1.29 is 23.8 Å². The number of hydrogen-bond acceptors (Lipinski definition) is 5. The third-order valence-electron chi connectivity index (χ3n) is 4.15. The highest BCUT2D eigenvalue weighted by Crippen LogP contribution is 2.26. The van der Waals surface area contributed by atoms with E-state index < -0.39 is 12.1 Å². The van der Waals surface area contributed by atoms with Crippen LogP contribution in [0.5, 0.6) is 0 Å². The first-order chi connectivity index (χ1) is 12.1. The minimum Gasteiger partial charge on any atom is -0.478 e. The molecule has 2 heterocycles. The van der Waals surface area contributed by atoms with E-state index in [4.69, 9.17) is 9.15 Å². The van der Waals surface area contributed by atoms with E-state index in [-0.39, 0.29) is 11.5 Å². The van der Waals surface area contributed by atoms with Crippen molar-refractivity contribution >= 4 is 11.9 Å². The Kier molecular flexibility index (Phi) is 5.16. The van der Waals surface area contributed by atoms with Crippen LogP contribution in [0.15, 0.2) is 40.8 Å². The molecule has 1 saturated heterocycles. The first-order valence-electron chi connectivity index (χ1n) is 8.05. The number of carboxylic acid groups (broad SMARTS) is 1. The van der Waals surface area contributed by atoms with Gasteiger partial charge < -0.3 is 19.6 Å². The molecule has 0 saturated carbocycles. The molecular weight excluding hydrogens is 324 g/mol. The highest BCUT2D eigenvalue weighted by molar-refractivity contribution is 5.95. The Balaban J connectivity index is 1.72. The number of morpholine rings is 1. The first kappa shape index (κ1) is 17.2. The number of furan rings is 1. The van der Waals surface area contributed by atoms with Gasteiger partial charge in [-0.2, -0.15) is 0 Å². The Morgan fingerprint density at radius 2 is 2.08 bits per heavy atom. The predicted octanol–water partition coefficient (Wildman–Crippen LogP) is 1.59. The summed E-state index contributed by atoms with van der Waals surface area (Å²) in [5.74, 6) is 0.104. The van der Waals surface area contributed by atoms with E-state index in [9.17, 15) is 14.7 Å². The Morgan fingerprint density at radius 1 is 1.28 bits per heavy atom. The van der Waals surface area contributed by atoms with Crippen molar-refractivity contribution in [1.29, 1.82) is 0 Å². The lowest BCUT2D eigenvalue weighted by molar-refractivity contribution is -0.138. The summed E-state index contributed by atoms with van der Waals surface area (Å²) in [6, 6.07) is 10.3. The number of aromatic carboxylic acids is 1. The summed E-state index contributed by atoms with van der Waals surface area (Å²) in [6.07, 6.45) is -0.485. The molecule has 0 aliphatic carbocycles. The largest absolute Gasteiger partial charge is 0.478 e. The van der Waals surface area contributed by atoms with Gasteiger partial charge in [-0.05, 0) is 18.2 Å². The quantitative estimate of drug-likeness (QED) is 0.856. The molecule has 1 fully saturated rings. The minimum atomic E-state index is -0.991. The molecule has 1 aliphatic heterocycles. The molecule has 1 aromatic carbocycles. The van der Waals surface area contributed by atoms with Crippen LogP contribution >= 0.6 is 0 Å². The average Bonchev–Trinajstić information content (AvgIpc) is 3.09. The lowest BCUT2D eigenvalue weighted by atomic mass is 10.1. The molecule has 0 unspecified atom stereocenters. The third kappa shape index (κ3) is 3.89. The lowest BCUT2D eigenvalue weighted by Crippen LogP contribution is -2.48. The minimum absolute atomic E-state index is 0.139. The number of nitrogens with one attached hydrogen (secondary N) is 1. The maximum Gasteiger partial charge on any atom is 0.336 e. The summed E-state index contributed by atoms with van der Waals surface area (Å²) in [5, 5.41) is 11.9. The van der Waals surface area contributed by atoms with Crippen LogP contribution in [-0.2, 0) is 16.1 Å². The van der Waals surface area contributed by atoms with Crippen molar-refractivity contribution in [2.24, 2.45) is 0 Å². The van der Waals surface area contributed by atoms with Gasteiger partial charge in [-0.25, -0.2) is 4.79 Å². The van der Waals surface area contributed by atoms with Gasteiger partial charge >= 0.3 is 5.97 Å². The molecule has 1 amide bonds. The van der Waals surface area contributed by atoms with E-state index in [1.165, 1.54) is 0 Å². The molecule has 7 heteroatoms. The highest BCUT2D eigenvalue weighted by atomic mass is 16.5. The number of rotatable bonds is 5. The zero-order valence-electron chi connectivity index (χ0n) is 13.9. The first-order valence-corrected chi connectivity index (χ1v) is 8.05. The molecule has 1 aliphatic rings. The topological polar surface area (TPSA) is 92.0 Å². The molecule has 0 bridgehead atoms. The fraction of sp³-hybridized carbons (Fsp3) is 0.333. The van der Waals surface area contributed by atoms with Crippen LogP contribution in [0.1, 0.15) is 16.1 Å². The Bertz CT molecular complexity index is 770. The molecule has 25 heavy (non-hydrogen) atoms. The second-order valence-corrected chi connectivity index (χ2v) is 5.83. The van der Waals surface area contributed by atoms with Crippen LogP contribution in [0.3, 0.4) is 0 Å². The summed E-state index contributed by atoms with van der Waals surface area (Å²) < 4.78 is 11.3. The summed E-state index contributed by atoms with van der Waals surface area (Å²) in [4.78, 5) is 25.1. The van der Waals surface area contributed by atoms with E-state index in [1.807, 2.05) is 6.07 Å². The molecule has 0 spiro atoms. The molecule has 3 rings (SSSR count). The normalized spacial score (nSPS) is 18.0. The summed E-state index contributed by atoms with van der Waals surface area (Å²) >= 11 is 0. The number of nitrogens with zero attached hydrogens (tertiary/aromatic N) is 1. The van der Waals surface area contributed by atoms with Crippen molar-refractivity contribution in [3.8, 4) is 11.3 Å².